The summed E-state index contributed by atoms with van der Waals surface area (Å²) in [5, 5.41) is 11.0. The number of piperazine rings is 1. The summed E-state index contributed by atoms with van der Waals surface area (Å²) in [6, 6.07) is 1.63. The van der Waals surface area contributed by atoms with Crippen LogP contribution in [0.5, 0.6) is 0 Å². The van der Waals surface area contributed by atoms with E-state index in [1.165, 1.54) is 12.4 Å². The Labute approximate surface area is 116 Å². The molecular weight excluding hydrogens is 262 g/mol. The van der Waals surface area contributed by atoms with Gasteiger partial charge in [0.25, 0.3) is 0 Å². The minimum Gasteiger partial charge on any atom is -0.362 e. The average molecular weight is 279 g/mol. The normalized spacial score (nSPS) is 15.2. The van der Waals surface area contributed by atoms with Crippen molar-refractivity contribution in [2.24, 2.45) is 5.73 Å². The summed E-state index contributed by atoms with van der Waals surface area (Å²) >= 11 is 0. The van der Waals surface area contributed by atoms with Crippen molar-refractivity contribution >= 4 is 17.3 Å². The van der Waals surface area contributed by atoms with Crippen molar-refractivity contribution in [3.8, 4) is 0 Å². The number of rotatable bonds is 4. The predicted molar refractivity (Wildman–Crippen MR) is 73.4 cm³/mol. The molecule has 1 aromatic heterocycles. The van der Waals surface area contributed by atoms with Crippen LogP contribution in [0, 0.1) is 10.1 Å². The van der Waals surface area contributed by atoms with E-state index in [0.717, 1.165) is 0 Å². The second kappa shape index (κ2) is 6.29. The van der Waals surface area contributed by atoms with Gasteiger partial charge in [0, 0.05) is 45.3 Å². The number of hydrogen-bond acceptors (Lipinski definition) is 6. The second-order valence-corrected chi connectivity index (χ2v) is 4.53. The molecule has 0 atom stereocenters. The zero-order valence-electron chi connectivity index (χ0n) is 11.1. The highest BCUT2D eigenvalue weighted by Gasteiger charge is 2.25. The molecule has 8 nitrogen and oxygen atoms in total. The SMILES string of the molecule is NCCC(=O)N1CCN(c2ccncc2[N+](=O)[O-])CC1. The van der Waals surface area contributed by atoms with Gasteiger partial charge in [0.15, 0.2) is 0 Å². The highest BCUT2D eigenvalue weighted by atomic mass is 16.6. The molecule has 1 fully saturated rings. The van der Waals surface area contributed by atoms with Crippen molar-refractivity contribution < 1.29 is 9.72 Å². The number of carbonyl (C=O) groups excluding carboxylic acids is 1. The number of nitrogens with zero attached hydrogens (tertiary/aromatic N) is 4. The molecule has 1 aromatic rings. The van der Waals surface area contributed by atoms with Gasteiger partial charge in [-0.15, -0.1) is 0 Å². The Morgan fingerprint density at radius 1 is 1.40 bits per heavy atom. The molecule has 0 unspecified atom stereocenters. The van der Waals surface area contributed by atoms with E-state index >= 15 is 0 Å². The van der Waals surface area contributed by atoms with Crippen molar-refractivity contribution in [3.63, 3.8) is 0 Å². The van der Waals surface area contributed by atoms with Gasteiger partial charge in [-0.25, -0.2) is 0 Å². The highest BCUT2D eigenvalue weighted by molar-refractivity contribution is 5.76. The first-order valence-corrected chi connectivity index (χ1v) is 6.44. The average Bonchev–Trinajstić information content (AvgIpc) is 2.47. The third kappa shape index (κ3) is 3.02. The third-order valence-electron chi connectivity index (χ3n) is 3.31. The van der Waals surface area contributed by atoms with Gasteiger partial charge in [-0.3, -0.25) is 19.9 Å². The number of carbonyl (C=O) groups is 1. The van der Waals surface area contributed by atoms with Crippen molar-refractivity contribution in [3.05, 3.63) is 28.6 Å². The van der Waals surface area contributed by atoms with Crippen LogP contribution in [0.4, 0.5) is 11.4 Å². The molecule has 1 aliphatic heterocycles. The Morgan fingerprint density at radius 3 is 2.70 bits per heavy atom. The van der Waals surface area contributed by atoms with Crippen LogP contribution in [0.1, 0.15) is 6.42 Å². The van der Waals surface area contributed by atoms with Crippen LogP contribution in [0.15, 0.2) is 18.5 Å². The number of nitrogens with two attached hydrogens (primary N) is 1. The summed E-state index contributed by atoms with van der Waals surface area (Å²) in [4.78, 5) is 29.7. The molecule has 0 radical (unpaired) electrons. The van der Waals surface area contributed by atoms with Crippen molar-refractivity contribution in [2.75, 3.05) is 37.6 Å². The number of aromatic nitrogens is 1. The minimum absolute atomic E-state index is 0.00534. The number of pyridine rings is 1. The molecule has 8 heteroatoms. The zero-order valence-corrected chi connectivity index (χ0v) is 11.1. The molecule has 0 saturated carbocycles. The molecule has 1 amide bonds. The van der Waals surface area contributed by atoms with Crippen LogP contribution in [-0.2, 0) is 4.79 Å². The van der Waals surface area contributed by atoms with Gasteiger partial charge in [0.2, 0.25) is 5.91 Å². The molecule has 0 bridgehead atoms. The molecular formula is C12H17N5O3. The molecule has 2 N–H and O–H groups in total. The van der Waals surface area contributed by atoms with E-state index in [1.807, 2.05) is 4.90 Å². The van der Waals surface area contributed by atoms with Gasteiger partial charge >= 0.3 is 5.69 Å². The molecule has 2 heterocycles. The van der Waals surface area contributed by atoms with E-state index in [4.69, 9.17) is 5.73 Å². The topological polar surface area (TPSA) is 106 Å². The fraction of sp³-hybridized carbons (Fsp3) is 0.500. The Bertz CT molecular complexity index is 500. The summed E-state index contributed by atoms with van der Waals surface area (Å²) in [5.41, 5.74) is 5.91. The molecule has 20 heavy (non-hydrogen) atoms. The van der Waals surface area contributed by atoms with Crippen molar-refractivity contribution in [1.29, 1.82) is 0 Å². The van der Waals surface area contributed by atoms with Crippen LogP contribution in [0.25, 0.3) is 0 Å². The van der Waals surface area contributed by atoms with Gasteiger partial charge in [-0.1, -0.05) is 0 Å². The lowest BCUT2D eigenvalue weighted by molar-refractivity contribution is -0.384. The largest absolute Gasteiger partial charge is 0.362 e. The maximum atomic E-state index is 11.7. The number of amides is 1. The summed E-state index contributed by atoms with van der Waals surface area (Å²) in [5.74, 6) is 0.0383. The van der Waals surface area contributed by atoms with Gasteiger partial charge in [-0.05, 0) is 6.07 Å². The maximum Gasteiger partial charge on any atom is 0.310 e. The predicted octanol–water partition coefficient (Wildman–Crippen LogP) is -0.0128. The maximum absolute atomic E-state index is 11.7. The molecule has 0 aromatic carbocycles. The van der Waals surface area contributed by atoms with E-state index in [0.29, 0.717) is 44.8 Å². The van der Waals surface area contributed by atoms with E-state index in [-0.39, 0.29) is 11.6 Å². The summed E-state index contributed by atoms with van der Waals surface area (Å²) in [7, 11) is 0. The number of hydrogen-bond donors (Lipinski definition) is 1. The van der Waals surface area contributed by atoms with Gasteiger partial charge in [0.1, 0.15) is 11.9 Å². The first kappa shape index (κ1) is 14.2. The standard InChI is InChI=1S/C12H17N5O3/c13-3-1-12(18)16-7-5-15(6-8-16)10-2-4-14-9-11(10)17(19)20/h2,4,9H,1,3,5-8,13H2. The quantitative estimate of drug-likeness (QED) is 0.613. The lowest BCUT2D eigenvalue weighted by Gasteiger charge is -2.35. The molecule has 2 rings (SSSR count). The zero-order chi connectivity index (χ0) is 14.5. The van der Waals surface area contributed by atoms with Crippen molar-refractivity contribution in [2.45, 2.75) is 6.42 Å². The van der Waals surface area contributed by atoms with Crippen molar-refractivity contribution in [1.82, 2.24) is 9.88 Å². The van der Waals surface area contributed by atoms with E-state index in [1.54, 1.807) is 11.0 Å². The van der Waals surface area contributed by atoms with Gasteiger partial charge in [-0.2, -0.15) is 0 Å². The Hall–Kier alpha value is -2.22. The first-order valence-electron chi connectivity index (χ1n) is 6.44. The first-order chi connectivity index (χ1) is 9.63. The Balaban J connectivity index is 2.04. The van der Waals surface area contributed by atoms with Gasteiger partial charge in [0.05, 0.1) is 4.92 Å². The number of nitro groups is 1. The van der Waals surface area contributed by atoms with E-state index in [2.05, 4.69) is 4.98 Å². The van der Waals surface area contributed by atoms with Crippen LogP contribution in [0.3, 0.4) is 0 Å². The summed E-state index contributed by atoms with van der Waals surface area (Å²) < 4.78 is 0. The fourth-order valence-electron chi connectivity index (χ4n) is 2.27. The third-order valence-corrected chi connectivity index (χ3v) is 3.31. The van der Waals surface area contributed by atoms with E-state index < -0.39 is 4.92 Å². The lowest BCUT2D eigenvalue weighted by Crippen LogP contribution is -2.49. The second-order valence-electron chi connectivity index (χ2n) is 4.53. The smallest absolute Gasteiger partial charge is 0.310 e. The Morgan fingerprint density at radius 2 is 2.10 bits per heavy atom. The molecule has 0 spiro atoms. The summed E-state index contributed by atoms with van der Waals surface area (Å²) in [6.07, 6.45) is 3.13. The molecule has 1 aliphatic rings. The monoisotopic (exact) mass is 279 g/mol. The van der Waals surface area contributed by atoms with E-state index in [9.17, 15) is 14.9 Å². The van der Waals surface area contributed by atoms with Gasteiger partial charge < -0.3 is 15.5 Å². The number of anilines is 1. The highest BCUT2D eigenvalue weighted by Crippen LogP contribution is 2.27. The Kier molecular flexibility index (Phi) is 4.46. The molecule has 1 saturated heterocycles. The van der Waals surface area contributed by atoms with Crippen LogP contribution in [-0.4, -0.2) is 53.4 Å². The minimum atomic E-state index is -0.436. The van der Waals surface area contributed by atoms with Crippen LogP contribution in [0.2, 0.25) is 0 Å². The lowest BCUT2D eigenvalue weighted by atomic mass is 10.2. The summed E-state index contributed by atoms with van der Waals surface area (Å²) in [6.45, 7) is 2.59. The molecule has 0 aliphatic carbocycles. The molecule has 108 valence electrons. The fourth-order valence-corrected chi connectivity index (χ4v) is 2.27. The van der Waals surface area contributed by atoms with Crippen LogP contribution < -0.4 is 10.6 Å². The van der Waals surface area contributed by atoms with Crippen LogP contribution >= 0.6 is 0 Å².